The highest BCUT2D eigenvalue weighted by molar-refractivity contribution is 6.40. The van der Waals surface area contributed by atoms with Gasteiger partial charge in [0, 0.05) is 26.5 Å². The molecule has 3 aromatic rings. The number of hydrogen-bond donors (Lipinski definition) is 3. The summed E-state index contributed by atoms with van der Waals surface area (Å²) >= 11 is 0. The number of aliphatic imine (C=N–C) groups is 1. The van der Waals surface area contributed by atoms with E-state index in [0.717, 1.165) is 5.57 Å². The van der Waals surface area contributed by atoms with E-state index >= 15 is 0 Å². The van der Waals surface area contributed by atoms with Crippen molar-refractivity contribution in [1.82, 2.24) is 9.97 Å². The minimum Gasteiger partial charge on any atom is -0.507 e. The van der Waals surface area contributed by atoms with E-state index in [2.05, 4.69) is 15.0 Å². The van der Waals surface area contributed by atoms with Gasteiger partial charge in [-0.25, -0.2) is 14.6 Å². The Hall–Kier alpha value is -5.06. The van der Waals surface area contributed by atoms with Crippen molar-refractivity contribution in [2.45, 2.75) is 26.9 Å². The summed E-state index contributed by atoms with van der Waals surface area (Å²) in [5.41, 5.74) is 1.94. The van der Waals surface area contributed by atoms with Gasteiger partial charge in [-0.05, 0) is 29.8 Å². The van der Waals surface area contributed by atoms with Crippen molar-refractivity contribution in [3.05, 3.63) is 89.1 Å². The zero-order chi connectivity index (χ0) is 27.7. The molecule has 1 aliphatic rings. The second kappa shape index (κ2) is 12.8. The summed E-state index contributed by atoms with van der Waals surface area (Å²) in [6.07, 6.45) is 3.37. The molecule has 2 heterocycles. The summed E-state index contributed by atoms with van der Waals surface area (Å²) in [4.78, 5) is 56.1. The van der Waals surface area contributed by atoms with E-state index in [-0.39, 0.29) is 53.2 Å². The maximum absolute atomic E-state index is 11.7. The van der Waals surface area contributed by atoms with Gasteiger partial charge in [-0.3, -0.25) is 14.6 Å². The average molecular weight is 520 g/mol. The predicted octanol–water partition coefficient (Wildman–Crippen LogP) is 3.54. The number of phenols is 2. The van der Waals surface area contributed by atoms with Crippen LogP contribution in [0, 0.1) is 0 Å². The van der Waals surface area contributed by atoms with Gasteiger partial charge in [0.2, 0.25) is 0 Å². The first-order chi connectivity index (χ1) is 18.2. The lowest BCUT2D eigenvalue weighted by molar-refractivity contribution is -0.111. The summed E-state index contributed by atoms with van der Waals surface area (Å²) in [5, 5.41) is 19.0. The predicted molar refractivity (Wildman–Crippen MR) is 135 cm³/mol. The number of phenolic OH excluding ortho intramolecular Hbond substituents is 2. The van der Waals surface area contributed by atoms with E-state index in [1.807, 2.05) is 0 Å². The molecule has 1 aliphatic heterocycles. The van der Waals surface area contributed by atoms with Gasteiger partial charge in [-0.2, -0.15) is 0 Å². The number of esters is 2. The van der Waals surface area contributed by atoms with E-state index in [1.54, 1.807) is 24.3 Å². The second-order valence-corrected chi connectivity index (χ2v) is 8.10. The zero-order valence-electron chi connectivity index (χ0n) is 20.6. The Kier molecular flexibility index (Phi) is 9.25. The highest BCUT2D eigenvalue weighted by atomic mass is 16.5. The number of aromatic nitrogens is 2. The summed E-state index contributed by atoms with van der Waals surface area (Å²) in [7, 11) is 0. The van der Waals surface area contributed by atoms with Gasteiger partial charge in [0.1, 0.15) is 35.8 Å². The van der Waals surface area contributed by atoms with Crippen molar-refractivity contribution in [2.75, 3.05) is 6.61 Å². The number of benzene rings is 2. The molecule has 0 bridgehead atoms. The highest BCUT2D eigenvalue weighted by Gasteiger charge is 2.17. The molecule has 0 spiro atoms. The number of nitrogens with one attached hydrogen (secondary N) is 1. The number of aromatic hydroxyl groups is 2. The van der Waals surface area contributed by atoms with Crippen LogP contribution in [0.3, 0.4) is 0 Å². The van der Waals surface area contributed by atoms with Crippen LogP contribution in [0.1, 0.15) is 57.3 Å². The highest BCUT2D eigenvalue weighted by Crippen LogP contribution is 2.19. The molecule has 38 heavy (non-hydrogen) atoms. The third-order valence-corrected chi connectivity index (χ3v) is 5.16. The maximum Gasteiger partial charge on any atom is 0.342 e. The first-order valence-corrected chi connectivity index (χ1v) is 11.4. The average Bonchev–Trinajstić information content (AvgIpc) is 3.57. The smallest absolute Gasteiger partial charge is 0.342 e. The molecule has 0 aliphatic carbocycles. The van der Waals surface area contributed by atoms with Gasteiger partial charge >= 0.3 is 11.9 Å². The number of carbonyl (C=O) groups is 4. The van der Waals surface area contributed by atoms with Crippen molar-refractivity contribution < 1.29 is 38.9 Å². The lowest BCUT2D eigenvalue weighted by Crippen LogP contribution is -2.11. The molecular weight excluding hydrogens is 494 g/mol. The molecule has 3 N–H and O–H groups in total. The minimum atomic E-state index is -0.642. The Morgan fingerprint density at radius 2 is 1.39 bits per heavy atom. The van der Waals surface area contributed by atoms with Gasteiger partial charge < -0.3 is 24.7 Å². The first-order valence-electron chi connectivity index (χ1n) is 11.4. The standard InChI is InChI=1S/C14H13NO4.C13H12N2O4/c1-9(16)12-6-10(7-15-12)8-19-14(18)11-4-2-3-5-13(11)17;1-8(16)12-14-6-9(15-12)7-19-13(18)10-4-2-3-5-11(10)17/h2-5,7,17H,6,8H2,1H3;2-6,17H,7H2,1H3,(H,14,15). The van der Waals surface area contributed by atoms with Crippen molar-refractivity contribution in [1.29, 1.82) is 0 Å². The topological polar surface area (TPSA) is 168 Å². The summed E-state index contributed by atoms with van der Waals surface area (Å²) in [5.74, 6) is -1.56. The fraction of sp³-hybridized carbons (Fsp3) is 0.185. The molecule has 0 saturated heterocycles. The van der Waals surface area contributed by atoms with Crippen LogP contribution in [0.25, 0.3) is 0 Å². The van der Waals surface area contributed by atoms with Gasteiger partial charge in [0.15, 0.2) is 17.4 Å². The Bertz CT molecular complexity index is 1420. The normalized spacial score (nSPS) is 11.9. The SMILES string of the molecule is CC(=O)C1=NC=C(COC(=O)c2ccccc2O)C1.CC(=O)c1ncc(COC(=O)c2ccccc2O)[nH]1. The molecule has 2 aromatic carbocycles. The van der Waals surface area contributed by atoms with Crippen LogP contribution >= 0.6 is 0 Å². The lowest BCUT2D eigenvalue weighted by atomic mass is 10.1. The fourth-order valence-electron chi connectivity index (χ4n) is 3.14. The second-order valence-electron chi connectivity index (χ2n) is 8.10. The molecule has 0 unspecified atom stereocenters. The number of imidazole rings is 1. The number of rotatable bonds is 8. The van der Waals surface area contributed by atoms with Crippen LogP contribution in [0.2, 0.25) is 0 Å². The quantitative estimate of drug-likeness (QED) is 0.298. The molecule has 0 amide bonds. The van der Waals surface area contributed by atoms with Crippen LogP contribution < -0.4 is 0 Å². The molecule has 0 atom stereocenters. The van der Waals surface area contributed by atoms with Crippen LogP contribution in [0.15, 0.2) is 71.5 Å². The van der Waals surface area contributed by atoms with Crippen molar-refractivity contribution >= 4 is 29.2 Å². The molecule has 196 valence electrons. The molecular formula is C27H25N3O8. The monoisotopic (exact) mass is 519 g/mol. The van der Waals surface area contributed by atoms with E-state index in [9.17, 15) is 29.4 Å². The zero-order valence-corrected chi connectivity index (χ0v) is 20.6. The minimum absolute atomic E-state index is 0.0482. The number of hydrogen-bond acceptors (Lipinski definition) is 10. The number of H-pyrrole nitrogens is 1. The number of ketones is 2. The third-order valence-electron chi connectivity index (χ3n) is 5.16. The molecule has 0 fully saturated rings. The van der Waals surface area contributed by atoms with E-state index in [4.69, 9.17) is 9.47 Å². The van der Waals surface area contributed by atoms with Gasteiger partial charge in [-0.1, -0.05) is 24.3 Å². The number of para-hydroxylation sites is 2. The number of carbonyl (C=O) groups excluding carboxylic acids is 4. The van der Waals surface area contributed by atoms with E-state index in [1.165, 1.54) is 50.5 Å². The number of Topliss-reactive ketones (excluding diaryl/α,β-unsaturated/α-hetero) is 2. The summed E-state index contributed by atoms with van der Waals surface area (Å²) in [6.45, 7) is 2.85. The molecule has 0 saturated carbocycles. The molecule has 0 radical (unpaired) electrons. The van der Waals surface area contributed by atoms with Gasteiger partial charge in [0.25, 0.3) is 0 Å². The lowest BCUT2D eigenvalue weighted by Gasteiger charge is -2.06. The van der Waals surface area contributed by atoms with Crippen molar-refractivity contribution in [3.63, 3.8) is 0 Å². The van der Waals surface area contributed by atoms with Crippen molar-refractivity contribution in [3.8, 4) is 11.5 Å². The molecule has 11 heteroatoms. The van der Waals surface area contributed by atoms with E-state index in [0.29, 0.717) is 17.8 Å². The largest absolute Gasteiger partial charge is 0.507 e. The van der Waals surface area contributed by atoms with Crippen LogP contribution in [0.4, 0.5) is 0 Å². The third kappa shape index (κ3) is 7.47. The Morgan fingerprint density at radius 1 is 0.842 bits per heavy atom. The van der Waals surface area contributed by atoms with Gasteiger partial charge in [-0.15, -0.1) is 0 Å². The van der Waals surface area contributed by atoms with Gasteiger partial charge in [0.05, 0.1) is 17.6 Å². The van der Waals surface area contributed by atoms with Crippen LogP contribution in [-0.2, 0) is 20.9 Å². The fourth-order valence-corrected chi connectivity index (χ4v) is 3.14. The summed E-state index contributed by atoms with van der Waals surface area (Å²) in [6, 6.07) is 12.3. The number of ether oxygens (including phenoxy) is 2. The molecule has 11 nitrogen and oxygen atoms in total. The number of nitrogens with zero attached hydrogens (tertiary/aromatic N) is 2. The van der Waals surface area contributed by atoms with Crippen LogP contribution in [-0.4, -0.2) is 56.0 Å². The Labute approximate surface area is 217 Å². The van der Waals surface area contributed by atoms with Crippen molar-refractivity contribution in [2.24, 2.45) is 4.99 Å². The Balaban J connectivity index is 0.000000211. The molecule has 4 rings (SSSR count). The first kappa shape index (κ1) is 27.5. The van der Waals surface area contributed by atoms with E-state index < -0.39 is 11.9 Å². The summed E-state index contributed by atoms with van der Waals surface area (Å²) < 4.78 is 10.1. The molecule has 1 aromatic heterocycles. The number of aromatic amines is 1. The van der Waals surface area contributed by atoms with Crippen LogP contribution in [0.5, 0.6) is 11.5 Å². The maximum atomic E-state index is 11.7. The Morgan fingerprint density at radius 3 is 1.87 bits per heavy atom.